The number of alkyl halides is 3. The molecule has 1 heterocycles. The third kappa shape index (κ3) is 3.50. The van der Waals surface area contributed by atoms with E-state index in [0.29, 0.717) is 26.1 Å². The van der Waals surface area contributed by atoms with Gasteiger partial charge < -0.3 is 9.84 Å². The molecular formula is C7H12F3NO2. The molecule has 0 aromatic rings. The van der Waals surface area contributed by atoms with E-state index in [2.05, 4.69) is 5.32 Å². The summed E-state index contributed by atoms with van der Waals surface area (Å²) in [5.41, 5.74) is 0. The zero-order valence-electron chi connectivity index (χ0n) is 6.97. The first-order valence-corrected chi connectivity index (χ1v) is 4.09. The lowest BCUT2D eigenvalue weighted by molar-refractivity contribution is -0.217. The molecule has 1 aliphatic heterocycles. The molecule has 1 aliphatic rings. The van der Waals surface area contributed by atoms with Crippen molar-refractivity contribution in [1.82, 2.24) is 5.32 Å². The molecule has 0 radical (unpaired) electrons. The van der Waals surface area contributed by atoms with E-state index in [-0.39, 0.29) is 6.04 Å². The van der Waals surface area contributed by atoms with E-state index in [1.807, 2.05) is 0 Å². The highest BCUT2D eigenvalue weighted by Gasteiger charge is 2.39. The Morgan fingerprint density at radius 1 is 1.31 bits per heavy atom. The monoisotopic (exact) mass is 199 g/mol. The lowest BCUT2D eigenvalue weighted by Gasteiger charge is -2.26. The number of aliphatic hydroxyl groups is 1. The molecule has 0 bridgehead atoms. The summed E-state index contributed by atoms with van der Waals surface area (Å²) in [5.74, 6) is 0. The Hall–Kier alpha value is -0.330. The predicted molar refractivity (Wildman–Crippen MR) is 39.0 cm³/mol. The van der Waals surface area contributed by atoms with Crippen LogP contribution in [0.25, 0.3) is 0 Å². The van der Waals surface area contributed by atoms with E-state index in [0.717, 1.165) is 0 Å². The minimum atomic E-state index is -4.59. The van der Waals surface area contributed by atoms with Crippen LogP contribution in [0.5, 0.6) is 0 Å². The second-order valence-corrected chi connectivity index (χ2v) is 3.00. The van der Waals surface area contributed by atoms with Crippen molar-refractivity contribution in [3.63, 3.8) is 0 Å². The summed E-state index contributed by atoms with van der Waals surface area (Å²) in [7, 11) is 0. The molecule has 1 saturated heterocycles. The first-order chi connectivity index (χ1) is 6.00. The van der Waals surface area contributed by atoms with Gasteiger partial charge in [0.15, 0.2) is 0 Å². The molecule has 1 unspecified atom stereocenters. The first kappa shape index (κ1) is 10.7. The number of halogens is 3. The van der Waals surface area contributed by atoms with E-state index in [1.54, 1.807) is 0 Å². The van der Waals surface area contributed by atoms with E-state index in [4.69, 9.17) is 9.84 Å². The molecular weight excluding hydrogens is 187 g/mol. The fourth-order valence-electron chi connectivity index (χ4n) is 1.18. The summed E-state index contributed by atoms with van der Waals surface area (Å²) < 4.78 is 40.5. The summed E-state index contributed by atoms with van der Waals surface area (Å²) in [6, 6.07) is -0.301. The SMILES string of the molecule is OC(NC1CCOCC1)C(F)(F)F. The maximum atomic E-state index is 11.9. The van der Waals surface area contributed by atoms with E-state index in [9.17, 15) is 13.2 Å². The average molecular weight is 199 g/mol. The van der Waals surface area contributed by atoms with E-state index in [1.165, 1.54) is 0 Å². The van der Waals surface area contributed by atoms with Crippen LogP contribution in [-0.2, 0) is 4.74 Å². The third-order valence-electron chi connectivity index (χ3n) is 1.92. The summed E-state index contributed by atoms with van der Waals surface area (Å²) in [4.78, 5) is 0. The van der Waals surface area contributed by atoms with Crippen LogP contribution in [0.3, 0.4) is 0 Å². The number of rotatable bonds is 2. The molecule has 0 aromatic carbocycles. The van der Waals surface area contributed by atoms with E-state index < -0.39 is 12.4 Å². The molecule has 1 rings (SSSR count). The second-order valence-electron chi connectivity index (χ2n) is 3.00. The van der Waals surface area contributed by atoms with Crippen LogP contribution < -0.4 is 5.32 Å². The zero-order valence-corrected chi connectivity index (χ0v) is 6.97. The lowest BCUT2D eigenvalue weighted by Crippen LogP contribution is -2.48. The predicted octanol–water partition coefficient (Wildman–Crippen LogP) is 0.636. The lowest BCUT2D eigenvalue weighted by atomic mass is 10.1. The highest BCUT2D eigenvalue weighted by Crippen LogP contribution is 2.19. The van der Waals surface area contributed by atoms with Gasteiger partial charge in [0.25, 0.3) is 0 Å². The van der Waals surface area contributed by atoms with Gasteiger partial charge in [0, 0.05) is 19.3 Å². The fraction of sp³-hybridized carbons (Fsp3) is 1.00. The molecule has 0 spiro atoms. The van der Waals surface area contributed by atoms with Gasteiger partial charge in [-0.3, -0.25) is 5.32 Å². The average Bonchev–Trinajstić information content (AvgIpc) is 2.04. The van der Waals surface area contributed by atoms with Crippen molar-refractivity contribution in [2.24, 2.45) is 0 Å². The molecule has 0 aromatic heterocycles. The molecule has 6 heteroatoms. The van der Waals surface area contributed by atoms with Crippen molar-refractivity contribution in [2.75, 3.05) is 13.2 Å². The third-order valence-corrected chi connectivity index (χ3v) is 1.92. The highest BCUT2D eigenvalue weighted by molar-refractivity contribution is 4.74. The maximum absolute atomic E-state index is 11.9. The van der Waals surface area contributed by atoms with Crippen LogP contribution in [0.15, 0.2) is 0 Å². The smallest absolute Gasteiger partial charge is 0.381 e. The topological polar surface area (TPSA) is 41.5 Å². The van der Waals surface area contributed by atoms with Gasteiger partial charge in [0.05, 0.1) is 0 Å². The Morgan fingerprint density at radius 2 is 1.85 bits per heavy atom. The molecule has 3 nitrogen and oxygen atoms in total. The minimum absolute atomic E-state index is 0.301. The summed E-state index contributed by atoms with van der Waals surface area (Å²) in [6.07, 6.45) is -5.99. The molecule has 2 N–H and O–H groups in total. The molecule has 1 atom stereocenters. The molecule has 1 fully saturated rings. The maximum Gasteiger partial charge on any atom is 0.427 e. The fourth-order valence-corrected chi connectivity index (χ4v) is 1.18. The van der Waals surface area contributed by atoms with Gasteiger partial charge in [0.1, 0.15) is 0 Å². The summed E-state index contributed by atoms with van der Waals surface area (Å²) in [5, 5.41) is 10.8. The Morgan fingerprint density at radius 3 is 2.31 bits per heavy atom. The minimum Gasteiger partial charge on any atom is -0.381 e. The number of hydrogen-bond acceptors (Lipinski definition) is 3. The Bertz CT molecular complexity index is 156. The summed E-state index contributed by atoms with van der Waals surface area (Å²) in [6.45, 7) is 0.893. The summed E-state index contributed by atoms with van der Waals surface area (Å²) >= 11 is 0. The second kappa shape index (κ2) is 4.26. The molecule has 0 amide bonds. The molecule has 0 saturated carbocycles. The molecule has 0 aliphatic carbocycles. The Labute approximate surface area is 73.9 Å². The van der Waals surface area contributed by atoms with Gasteiger partial charge in [-0.1, -0.05) is 0 Å². The Balaban J connectivity index is 2.30. The van der Waals surface area contributed by atoms with Crippen molar-refractivity contribution in [1.29, 1.82) is 0 Å². The van der Waals surface area contributed by atoms with Gasteiger partial charge in [-0.2, -0.15) is 13.2 Å². The van der Waals surface area contributed by atoms with Gasteiger partial charge in [-0.15, -0.1) is 0 Å². The number of hydrogen-bond donors (Lipinski definition) is 2. The van der Waals surface area contributed by atoms with Crippen LogP contribution in [0, 0.1) is 0 Å². The Kier molecular flexibility index (Phi) is 3.52. The highest BCUT2D eigenvalue weighted by atomic mass is 19.4. The van der Waals surface area contributed by atoms with E-state index >= 15 is 0 Å². The quantitative estimate of drug-likeness (QED) is 0.641. The van der Waals surface area contributed by atoms with Gasteiger partial charge in [-0.25, -0.2) is 0 Å². The van der Waals surface area contributed by atoms with Crippen molar-refractivity contribution in [3.05, 3.63) is 0 Å². The number of nitrogens with one attached hydrogen (secondary N) is 1. The first-order valence-electron chi connectivity index (χ1n) is 4.09. The van der Waals surface area contributed by atoms with Crippen molar-refractivity contribution < 1.29 is 23.0 Å². The molecule has 78 valence electrons. The van der Waals surface area contributed by atoms with Crippen LogP contribution in [-0.4, -0.2) is 36.8 Å². The van der Waals surface area contributed by atoms with Crippen molar-refractivity contribution >= 4 is 0 Å². The van der Waals surface area contributed by atoms with Crippen LogP contribution in [0.2, 0.25) is 0 Å². The van der Waals surface area contributed by atoms with Crippen molar-refractivity contribution in [3.8, 4) is 0 Å². The van der Waals surface area contributed by atoms with Crippen LogP contribution >= 0.6 is 0 Å². The normalized spacial score (nSPS) is 23.1. The zero-order chi connectivity index (χ0) is 9.90. The number of ether oxygens (including phenoxy) is 1. The van der Waals surface area contributed by atoms with Gasteiger partial charge >= 0.3 is 6.18 Å². The molecule has 13 heavy (non-hydrogen) atoms. The van der Waals surface area contributed by atoms with Crippen LogP contribution in [0.4, 0.5) is 13.2 Å². The standard InChI is InChI=1S/C7H12F3NO2/c8-7(9,10)6(12)11-5-1-3-13-4-2-5/h5-6,11-12H,1-4H2. The van der Waals surface area contributed by atoms with Crippen LogP contribution in [0.1, 0.15) is 12.8 Å². The largest absolute Gasteiger partial charge is 0.427 e. The van der Waals surface area contributed by atoms with Gasteiger partial charge in [-0.05, 0) is 12.8 Å². The van der Waals surface area contributed by atoms with Crippen molar-refractivity contribution in [2.45, 2.75) is 31.3 Å². The van der Waals surface area contributed by atoms with Gasteiger partial charge in [0.2, 0.25) is 6.23 Å². The number of aliphatic hydroxyl groups excluding tert-OH is 1.